The van der Waals surface area contributed by atoms with Crippen LogP contribution in [0.2, 0.25) is 0 Å². The van der Waals surface area contributed by atoms with Gasteiger partial charge in [0.05, 0.1) is 6.04 Å². The number of amides is 1. The zero-order chi connectivity index (χ0) is 15.2. The van der Waals surface area contributed by atoms with Crippen molar-refractivity contribution >= 4 is 5.91 Å². The third-order valence-corrected chi connectivity index (χ3v) is 4.43. The lowest BCUT2D eigenvalue weighted by atomic mass is 9.88. The molecule has 0 spiro atoms. The van der Waals surface area contributed by atoms with Gasteiger partial charge in [-0.05, 0) is 36.1 Å². The molecule has 0 radical (unpaired) electrons. The molecule has 1 unspecified atom stereocenters. The number of rotatable bonds is 4. The quantitative estimate of drug-likeness (QED) is 0.930. The smallest absolute Gasteiger partial charge is 0.223 e. The second kappa shape index (κ2) is 7.21. The SMILES string of the molecule is O=C(NC(c1ccccc1)c1ccncc1)C1CCCCC1. The zero-order valence-electron chi connectivity index (χ0n) is 12.7. The van der Waals surface area contributed by atoms with E-state index >= 15 is 0 Å². The Kier molecular flexibility index (Phi) is 4.84. The summed E-state index contributed by atoms with van der Waals surface area (Å²) in [4.78, 5) is 16.7. The Morgan fingerprint density at radius 3 is 2.27 bits per heavy atom. The lowest BCUT2D eigenvalue weighted by molar-refractivity contribution is -0.126. The van der Waals surface area contributed by atoms with Crippen LogP contribution >= 0.6 is 0 Å². The Labute approximate surface area is 131 Å². The molecule has 1 atom stereocenters. The molecule has 22 heavy (non-hydrogen) atoms. The van der Waals surface area contributed by atoms with Crippen LogP contribution in [0.3, 0.4) is 0 Å². The number of hydrogen-bond donors (Lipinski definition) is 1. The maximum absolute atomic E-state index is 12.6. The maximum Gasteiger partial charge on any atom is 0.223 e. The van der Waals surface area contributed by atoms with Crippen LogP contribution in [0.15, 0.2) is 54.9 Å². The van der Waals surface area contributed by atoms with Crippen molar-refractivity contribution in [1.29, 1.82) is 0 Å². The molecule has 3 rings (SSSR count). The molecule has 0 bridgehead atoms. The van der Waals surface area contributed by atoms with Gasteiger partial charge in [0.1, 0.15) is 0 Å². The van der Waals surface area contributed by atoms with Crippen molar-refractivity contribution in [2.24, 2.45) is 5.92 Å². The molecule has 1 aromatic carbocycles. The average Bonchev–Trinajstić information content (AvgIpc) is 2.62. The summed E-state index contributed by atoms with van der Waals surface area (Å²) in [5, 5.41) is 3.25. The van der Waals surface area contributed by atoms with Gasteiger partial charge in [-0.3, -0.25) is 9.78 Å². The van der Waals surface area contributed by atoms with E-state index in [2.05, 4.69) is 22.4 Å². The van der Waals surface area contributed by atoms with Gasteiger partial charge in [0.25, 0.3) is 0 Å². The number of carbonyl (C=O) groups is 1. The van der Waals surface area contributed by atoms with Gasteiger partial charge in [0.2, 0.25) is 5.91 Å². The normalized spacial score (nSPS) is 16.9. The highest BCUT2D eigenvalue weighted by atomic mass is 16.1. The maximum atomic E-state index is 12.6. The molecule has 1 aliphatic carbocycles. The van der Waals surface area contributed by atoms with Gasteiger partial charge < -0.3 is 5.32 Å². The van der Waals surface area contributed by atoms with E-state index in [0.717, 1.165) is 24.0 Å². The van der Waals surface area contributed by atoms with E-state index in [1.54, 1.807) is 12.4 Å². The molecule has 1 amide bonds. The molecule has 2 aromatic rings. The lowest BCUT2D eigenvalue weighted by Gasteiger charge is -2.25. The minimum atomic E-state index is -0.0985. The van der Waals surface area contributed by atoms with Gasteiger partial charge in [-0.1, -0.05) is 49.6 Å². The molecule has 1 fully saturated rings. The van der Waals surface area contributed by atoms with E-state index in [0.29, 0.717) is 0 Å². The first-order valence-corrected chi connectivity index (χ1v) is 8.10. The molecular weight excluding hydrogens is 272 g/mol. The largest absolute Gasteiger partial charge is 0.345 e. The van der Waals surface area contributed by atoms with Crippen LogP contribution in [0.4, 0.5) is 0 Å². The number of carbonyl (C=O) groups excluding carboxylic acids is 1. The summed E-state index contributed by atoms with van der Waals surface area (Å²) in [6.07, 6.45) is 9.19. The highest BCUT2D eigenvalue weighted by molar-refractivity contribution is 5.79. The monoisotopic (exact) mass is 294 g/mol. The summed E-state index contributed by atoms with van der Waals surface area (Å²) < 4.78 is 0. The number of pyridine rings is 1. The molecule has 1 N–H and O–H groups in total. The fraction of sp³-hybridized carbons (Fsp3) is 0.368. The van der Waals surface area contributed by atoms with Crippen molar-refractivity contribution < 1.29 is 4.79 Å². The van der Waals surface area contributed by atoms with Crippen molar-refractivity contribution in [2.75, 3.05) is 0 Å². The van der Waals surface area contributed by atoms with Crippen LogP contribution in [0.5, 0.6) is 0 Å². The summed E-state index contributed by atoms with van der Waals surface area (Å²) in [5.74, 6) is 0.354. The number of hydrogen-bond acceptors (Lipinski definition) is 2. The van der Waals surface area contributed by atoms with Gasteiger partial charge in [-0.25, -0.2) is 0 Å². The fourth-order valence-electron chi connectivity index (χ4n) is 3.19. The third-order valence-electron chi connectivity index (χ3n) is 4.43. The second-order valence-corrected chi connectivity index (χ2v) is 5.97. The minimum Gasteiger partial charge on any atom is -0.345 e. The summed E-state index contributed by atoms with van der Waals surface area (Å²) in [6, 6.07) is 14.0. The third kappa shape index (κ3) is 3.53. The number of aromatic nitrogens is 1. The van der Waals surface area contributed by atoms with Crippen LogP contribution in [0.25, 0.3) is 0 Å². The number of nitrogens with zero attached hydrogens (tertiary/aromatic N) is 1. The molecule has 114 valence electrons. The van der Waals surface area contributed by atoms with Crippen molar-refractivity contribution in [2.45, 2.75) is 38.1 Å². The number of benzene rings is 1. The lowest BCUT2D eigenvalue weighted by Crippen LogP contribution is -2.35. The Morgan fingerprint density at radius 1 is 0.955 bits per heavy atom. The van der Waals surface area contributed by atoms with Gasteiger partial charge in [0, 0.05) is 18.3 Å². The van der Waals surface area contributed by atoms with Crippen LogP contribution in [-0.2, 0) is 4.79 Å². The van der Waals surface area contributed by atoms with Crippen molar-refractivity contribution in [3.05, 3.63) is 66.0 Å². The average molecular weight is 294 g/mol. The molecule has 1 saturated carbocycles. The Balaban J connectivity index is 1.81. The summed E-state index contributed by atoms with van der Waals surface area (Å²) in [7, 11) is 0. The molecule has 1 heterocycles. The van der Waals surface area contributed by atoms with Gasteiger partial charge in [0.15, 0.2) is 0 Å². The van der Waals surface area contributed by atoms with E-state index < -0.39 is 0 Å². The molecule has 1 aromatic heterocycles. The van der Waals surface area contributed by atoms with Gasteiger partial charge in [-0.15, -0.1) is 0 Å². The summed E-state index contributed by atoms with van der Waals surface area (Å²) >= 11 is 0. The Hall–Kier alpha value is -2.16. The zero-order valence-corrected chi connectivity index (χ0v) is 12.7. The van der Waals surface area contributed by atoms with E-state index in [9.17, 15) is 4.79 Å². The van der Waals surface area contributed by atoms with E-state index in [1.165, 1.54) is 19.3 Å². The Morgan fingerprint density at radius 2 is 1.59 bits per heavy atom. The minimum absolute atomic E-state index is 0.0985. The van der Waals surface area contributed by atoms with E-state index in [4.69, 9.17) is 0 Å². The molecule has 0 aliphatic heterocycles. The molecule has 1 aliphatic rings. The van der Waals surface area contributed by atoms with E-state index in [-0.39, 0.29) is 17.9 Å². The molecule has 3 heteroatoms. The predicted molar refractivity (Wildman–Crippen MR) is 87.2 cm³/mol. The van der Waals surface area contributed by atoms with Gasteiger partial charge in [-0.2, -0.15) is 0 Å². The van der Waals surface area contributed by atoms with Crippen LogP contribution in [0, 0.1) is 5.92 Å². The predicted octanol–water partition coefficient (Wildman–Crippen LogP) is 3.87. The van der Waals surface area contributed by atoms with Crippen LogP contribution in [-0.4, -0.2) is 10.9 Å². The highest BCUT2D eigenvalue weighted by Gasteiger charge is 2.24. The first-order chi connectivity index (χ1) is 10.8. The first kappa shape index (κ1) is 14.8. The van der Waals surface area contributed by atoms with Crippen molar-refractivity contribution in [3.8, 4) is 0 Å². The van der Waals surface area contributed by atoms with Crippen LogP contribution < -0.4 is 5.32 Å². The summed E-state index contributed by atoms with van der Waals surface area (Å²) in [5.41, 5.74) is 2.18. The Bertz CT molecular complexity index is 552. The second-order valence-electron chi connectivity index (χ2n) is 5.97. The molecule has 0 saturated heterocycles. The highest BCUT2D eigenvalue weighted by Crippen LogP contribution is 2.26. The van der Waals surface area contributed by atoms with Crippen molar-refractivity contribution in [3.63, 3.8) is 0 Å². The van der Waals surface area contributed by atoms with E-state index in [1.807, 2.05) is 30.3 Å². The molecule has 3 nitrogen and oxygen atoms in total. The van der Waals surface area contributed by atoms with Gasteiger partial charge >= 0.3 is 0 Å². The van der Waals surface area contributed by atoms with Crippen LogP contribution in [0.1, 0.15) is 49.3 Å². The molecular formula is C19H22N2O. The standard InChI is InChI=1S/C19H22N2O/c22-19(17-9-5-2-6-10-17)21-18(15-7-3-1-4-8-15)16-11-13-20-14-12-16/h1,3-4,7-8,11-14,17-18H,2,5-6,9-10H2,(H,21,22). The topological polar surface area (TPSA) is 42.0 Å². The fourth-order valence-corrected chi connectivity index (χ4v) is 3.19. The number of nitrogens with one attached hydrogen (secondary N) is 1. The first-order valence-electron chi connectivity index (χ1n) is 8.10. The summed E-state index contributed by atoms with van der Waals surface area (Å²) in [6.45, 7) is 0. The van der Waals surface area contributed by atoms with Crippen molar-refractivity contribution in [1.82, 2.24) is 10.3 Å².